The molecule has 9 heteroatoms. The van der Waals surface area contributed by atoms with Crippen molar-refractivity contribution in [3.63, 3.8) is 0 Å². The molecule has 2 heterocycles. The fourth-order valence-electron chi connectivity index (χ4n) is 1.46. The largest absolute Gasteiger partial charge is 0.480 e. The third-order valence-corrected chi connectivity index (χ3v) is 2.16. The second-order valence-electron chi connectivity index (χ2n) is 3.52. The molecule has 0 radical (unpaired) electrons. The molecule has 1 aliphatic rings. The van der Waals surface area contributed by atoms with Crippen molar-refractivity contribution in [2.75, 3.05) is 0 Å². The Balaban J connectivity index is 1.99. The number of carbonyl (C=O) groups excluding carboxylic acids is 2. The van der Waals surface area contributed by atoms with Crippen LogP contribution in [0.15, 0.2) is 6.20 Å². The zero-order chi connectivity index (χ0) is 12.4. The van der Waals surface area contributed by atoms with Crippen LogP contribution < -0.4 is 10.6 Å². The second kappa shape index (κ2) is 4.20. The molecular weight excluding hydrogens is 230 g/mol. The smallest absolute Gasteiger partial charge is 0.325 e. The number of nitrogens with one attached hydrogen (secondary N) is 2. The fraction of sp³-hybridized carbons (Fsp3) is 0.375. The van der Waals surface area contributed by atoms with Crippen LogP contribution in [0.2, 0.25) is 0 Å². The fourth-order valence-corrected chi connectivity index (χ4v) is 1.46. The van der Waals surface area contributed by atoms with Gasteiger partial charge in [-0.15, -0.1) is 5.10 Å². The third-order valence-electron chi connectivity index (χ3n) is 2.16. The predicted molar refractivity (Wildman–Crippen MR) is 51.8 cm³/mol. The van der Waals surface area contributed by atoms with E-state index in [1.807, 2.05) is 0 Å². The van der Waals surface area contributed by atoms with Crippen LogP contribution in [0, 0.1) is 0 Å². The molecule has 0 spiro atoms. The van der Waals surface area contributed by atoms with Crippen molar-refractivity contribution < 1.29 is 19.5 Å². The summed E-state index contributed by atoms with van der Waals surface area (Å²) in [6.07, 6.45) is 1.60. The molecule has 17 heavy (non-hydrogen) atoms. The summed E-state index contributed by atoms with van der Waals surface area (Å²) in [5.74, 6) is -1.46. The number of hydrogen-bond acceptors (Lipinski definition) is 5. The molecule has 1 aromatic rings. The first-order chi connectivity index (χ1) is 8.04. The van der Waals surface area contributed by atoms with Gasteiger partial charge < -0.3 is 10.4 Å². The molecule has 0 saturated carbocycles. The van der Waals surface area contributed by atoms with E-state index >= 15 is 0 Å². The van der Waals surface area contributed by atoms with Gasteiger partial charge in [0.1, 0.15) is 12.6 Å². The van der Waals surface area contributed by atoms with Crippen LogP contribution in [0.4, 0.5) is 4.79 Å². The molecule has 1 aromatic heterocycles. The molecule has 0 aliphatic carbocycles. The lowest BCUT2D eigenvalue weighted by Gasteiger charge is -2.02. The molecular formula is C8H9N5O4. The quantitative estimate of drug-likeness (QED) is 0.527. The Hall–Kier alpha value is -2.45. The first kappa shape index (κ1) is 11.0. The van der Waals surface area contributed by atoms with Crippen LogP contribution >= 0.6 is 0 Å². The van der Waals surface area contributed by atoms with Gasteiger partial charge in [-0.1, -0.05) is 5.21 Å². The summed E-state index contributed by atoms with van der Waals surface area (Å²) >= 11 is 0. The highest BCUT2D eigenvalue weighted by Gasteiger charge is 2.30. The van der Waals surface area contributed by atoms with E-state index in [4.69, 9.17) is 5.11 Å². The van der Waals surface area contributed by atoms with E-state index in [9.17, 15) is 14.4 Å². The van der Waals surface area contributed by atoms with Crippen LogP contribution in [0.1, 0.15) is 5.69 Å². The minimum Gasteiger partial charge on any atom is -0.480 e. The van der Waals surface area contributed by atoms with E-state index in [1.165, 1.54) is 6.20 Å². The number of nitrogens with zero attached hydrogens (tertiary/aromatic N) is 3. The van der Waals surface area contributed by atoms with Crippen LogP contribution in [0.25, 0.3) is 0 Å². The van der Waals surface area contributed by atoms with Crippen molar-refractivity contribution in [3.8, 4) is 0 Å². The van der Waals surface area contributed by atoms with Crippen LogP contribution in [-0.4, -0.2) is 44.0 Å². The maximum Gasteiger partial charge on any atom is 0.325 e. The Morgan fingerprint density at radius 3 is 2.88 bits per heavy atom. The lowest BCUT2D eigenvalue weighted by Crippen LogP contribution is -2.31. The second-order valence-corrected chi connectivity index (χ2v) is 3.52. The number of aliphatic carboxylic acids is 1. The van der Waals surface area contributed by atoms with E-state index < -0.39 is 23.9 Å². The van der Waals surface area contributed by atoms with Crippen LogP contribution in [0.5, 0.6) is 0 Å². The molecule has 90 valence electrons. The standard InChI is InChI=1S/C8H9N5O4/c14-6(15)3-13-2-4(11-12-13)1-5-7(16)10-8(17)9-5/h2,5H,1,3H2,(H,14,15)(H2,9,10,16,17). The number of rotatable bonds is 4. The molecule has 1 fully saturated rings. The highest BCUT2D eigenvalue weighted by molar-refractivity contribution is 6.04. The van der Waals surface area contributed by atoms with Crippen molar-refractivity contribution in [1.82, 2.24) is 25.6 Å². The van der Waals surface area contributed by atoms with E-state index in [0.29, 0.717) is 5.69 Å². The Labute approximate surface area is 94.8 Å². The zero-order valence-corrected chi connectivity index (χ0v) is 8.58. The molecule has 0 aromatic carbocycles. The number of urea groups is 1. The molecule has 9 nitrogen and oxygen atoms in total. The van der Waals surface area contributed by atoms with Crippen LogP contribution in [0.3, 0.4) is 0 Å². The first-order valence-corrected chi connectivity index (χ1v) is 4.77. The Morgan fingerprint density at radius 2 is 2.29 bits per heavy atom. The molecule has 2 rings (SSSR count). The summed E-state index contributed by atoms with van der Waals surface area (Å²) in [4.78, 5) is 32.5. The highest BCUT2D eigenvalue weighted by Crippen LogP contribution is 2.02. The number of carbonyl (C=O) groups is 3. The van der Waals surface area contributed by atoms with Gasteiger partial charge in [0.15, 0.2) is 0 Å². The summed E-state index contributed by atoms with van der Waals surface area (Å²) < 4.78 is 1.15. The Morgan fingerprint density at radius 1 is 1.53 bits per heavy atom. The van der Waals surface area contributed by atoms with Gasteiger partial charge >= 0.3 is 12.0 Å². The molecule has 0 bridgehead atoms. The van der Waals surface area contributed by atoms with Gasteiger partial charge in [-0.2, -0.15) is 0 Å². The summed E-state index contributed by atoms with van der Waals surface area (Å²) in [5.41, 5.74) is 0.439. The van der Waals surface area contributed by atoms with Crippen LogP contribution in [-0.2, 0) is 22.6 Å². The summed E-state index contributed by atoms with van der Waals surface area (Å²) in [5, 5.41) is 20.3. The van der Waals surface area contributed by atoms with Gasteiger partial charge in [0.2, 0.25) is 0 Å². The van der Waals surface area contributed by atoms with Crippen molar-refractivity contribution in [2.45, 2.75) is 19.0 Å². The average molecular weight is 239 g/mol. The number of amides is 3. The molecule has 1 atom stereocenters. The predicted octanol–water partition coefficient (Wildman–Crippen LogP) is -1.89. The highest BCUT2D eigenvalue weighted by atomic mass is 16.4. The van der Waals surface area contributed by atoms with Gasteiger partial charge in [0, 0.05) is 12.6 Å². The minimum absolute atomic E-state index is 0.178. The van der Waals surface area contributed by atoms with Gasteiger partial charge in [-0.3, -0.25) is 14.9 Å². The summed E-state index contributed by atoms with van der Waals surface area (Å²) in [6.45, 7) is -0.295. The van der Waals surface area contributed by atoms with E-state index in [2.05, 4.69) is 20.9 Å². The van der Waals surface area contributed by atoms with E-state index in [-0.39, 0.29) is 13.0 Å². The molecule has 3 amide bonds. The number of aromatic nitrogens is 3. The summed E-state index contributed by atoms with van der Waals surface area (Å²) in [7, 11) is 0. The lowest BCUT2D eigenvalue weighted by molar-refractivity contribution is -0.138. The third kappa shape index (κ3) is 2.56. The summed E-state index contributed by atoms with van der Waals surface area (Å²) in [6, 6.07) is -1.23. The van der Waals surface area contributed by atoms with Crippen molar-refractivity contribution in [3.05, 3.63) is 11.9 Å². The number of carboxylic acids is 1. The van der Waals surface area contributed by atoms with E-state index in [1.54, 1.807) is 0 Å². The van der Waals surface area contributed by atoms with Gasteiger partial charge in [0.05, 0.1) is 5.69 Å². The van der Waals surface area contributed by atoms with Crippen molar-refractivity contribution in [2.24, 2.45) is 0 Å². The minimum atomic E-state index is -1.03. The Kier molecular flexibility index (Phi) is 2.73. The number of imide groups is 1. The van der Waals surface area contributed by atoms with E-state index in [0.717, 1.165) is 4.68 Å². The molecule has 3 N–H and O–H groups in total. The van der Waals surface area contributed by atoms with Gasteiger partial charge in [0.25, 0.3) is 5.91 Å². The van der Waals surface area contributed by atoms with Crippen molar-refractivity contribution in [1.29, 1.82) is 0 Å². The zero-order valence-electron chi connectivity index (χ0n) is 8.58. The number of carboxylic acid groups (broad SMARTS) is 1. The van der Waals surface area contributed by atoms with Gasteiger partial charge in [-0.25, -0.2) is 9.48 Å². The maximum absolute atomic E-state index is 11.2. The molecule has 1 aliphatic heterocycles. The van der Waals surface area contributed by atoms with Gasteiger partial charge in [-0.05, 0) is 0 Å². The lowest BCUT2D eigenvalue weighted by atomic mass is 10.2. The number of hydrogen-bond donors (Lipinski definition) is 3. The van der Waals surface area contributed by atoms with Crippen molar-refractivity contribution >= 4 is 17.9 Å². The molecule has 1 saturated heterocycles. The Bertz CT molecular complexity index is 482. The first-order valence-electron chi connectivity index (χ1n) is 4.77. The average Bonchev–Trinajstić information content (AvgIpc) is 2.74. The monoisotopic (exact) mass is 239 g/mol. The maximum atomic E-state index is 11.2. The normalized spacial score (nSPS) is 18.9. The topological polar surface area (TPSA) is 126 Å². The molecule has 1 unspecified atom stereocenters. The SMILES string of the molecule is O=C(O)Cn1cc(CC2NC(=O)NC2=O)nn1.